The van der Waals surface area contributed by atoms with Gasteiger partial charge in [-0.05, 0) is 29.0 Å². The monoisotopic (exact) mass is 363 g/mol. The minimum atomic E-state index is -0.544. The lowest BCUT2D eigenvalue weighted by atomic mass is 9.78. The van der Waals surface area contributed by atoms with E-state index >= 15 is 0 Å². The van der Waals surface area contributed by atoms with E-state index in [9.17, 15) is 9.59 Å². The fraction of sp³-hybridized carbons (Fsp3) is 0.417. The lowest BCUT2D eigenvalue weighted by molar-refractivity contribution is -0.150. The van der Waals surface area contributed by atoms with Gasteiger partial charge in [0.15, 0.2) is 0 Å². The minimum absolute atomic E-state index is 0.0478. The van der Waals surface area contributed by atoms with Crippen molar-refractivity contribution in [1.29, 1.82) is 0 Å². The Morgan fingerprint density at radius 1 is 1.00 bits per heavy atom. The molecule has 142 valence electrons. The van der Waals surface area contributed by atoms with Crippen LogP contribution in [0.4, 0.5) is 0 Å². The van der Waals surface area contributed by atoms with Crippen molar-refractivity contribution >= 4 is 11.8 Å². The van der Waals surface area contributed by atoms with Crippen molar-refractivity contribution in [2.24, 2.45) is 16.7 Å². The van der Waals surface area contributed by atoms with Gasteiger partial charge in [0.05, 0.1) is 0 Å². The standard InChI is InChI=1S/C24H29NO2/c1-23(2,3)21(26)25-16-20(24(4,5)22(25)27)15-17-11-13-19(14-12-17)18-9-7-6-8-10-18/h6-14,20H,15-16H2,1-5H3. The smallest absolute Gasteiger partial charge is 0.235 e. The van der Waals surface area contributed by atoms with Crippen LogP contribution in [0.25, 0.3) is 11.1 Å². The molecule has 0 aliphatic carbocycles. The zero-order valence-electron chi connectivity index (χ0n) is 17.0. The van der Waals surface area contributed by atoms with Crippen LogP contribution in [0.15, 0.2) is 54.6 Å². The van der Waals surface area contributed by atoms with Crippen LogP contribution in [0.2, 0.25) is 0 Å². The Morgan fingerprint density at radius 3 is 2.11 bits per heavy atom. The molecule has 1 heterocycles. The van der Waals surface area contributed by atoms with E-state index in [0.717, 1.165) is 6.42 Å². The summed E-state index contributed by atoms with van der Waals surface area (Å²) in [5.74, 6) is -0.00490. The van der Waals surface area contributed by atoms with Crippen molar-refractivity contribution < 1.29 is 9.59 Å². The molecule has 0 N–H and O–H groups in total. The molecule has 0 saturated carbocycles. The van der Waals surface area contributed by atoms with Crippen LogP contribution >= 0.6 is 0 Å². The van der Waals surface area contributed by atoms with Crippen LogP contribution in [0.5, 0.6) is 0 Å². The summed E-state index contributed by atoms with van der Waals surface area (Å²) < 4.78 is 0. The number of amides is 2. The Balaban J connectivity index is 1.77. The molecule has 1 aliphatic heterocycles. The second-order valence-corrected chi connectivity index (χ2v) is 9.16. The van der Waals surface area contributed by atoms with E-state index in [1.165, 1.54) is 21.6 Å². The minimum Gasteiger partial charge on any atom is -0.281 e. The second-order valence-electron chi connectivity index (χ2n) is 9.16. The van der Waals surface area contributed by atoms with Gasteiger partial charge in [0, 0.05) is 17.4 Å². The van der Waals surface area contributed by atoms with E-state index in [1.807, 2.05) is 52.8 Å². The van der Waals surface area contributed by atoms with Gasteiger partial charge in [-0.3, -0.25) is 14.5 Å². The van der Waals surface area contributed by atoms with Gasteiger partial charge in [-0.25, -0.2) is 0 Å². The molecular formula is C24H29NO2. The summed E-state index contributed by atoms with van der Waals surface area (Å²) in [7, 11) is 0. The average Bonchev–Trinajstić information content (AvgIpc) is 2.85. The van der Waals surface area contributed by atoms with Gasteiger partial charge in [-0.2, -0.15) is 0 Å². The molecule has 3 heteroatoms. The third-order valence-electron chi connectivity index (χ3n) is 5.65. The highest BCUT2D eigenvalue weighted by molar-refractivity contribution is 6.01. The zero-order valence-corrected chi connectivity index (χ0v) is 17.0. The van der Waals surface area contributed by atoms with Crippen molar-refractivity contribution in [2.45, 2.75) is 41.0 Å². The third kappa shape index (κ3) is 3.83. The number of hydrogen-bond donors (Lipinski definition) is 0. The summed E-state index contributed by atoms with van der Waals surface area (Å²) in [4.78, 5) is 27.0. The predicted octanol–water partition coefficient (Wildman–Crippen LogP) is 4.95. The Kier molecular flexibility index (Phi) is 4.98. The van der Waals surface area contributed by atoms with Crippen LogP contribution in [-0.4, -0.2) is 23.3 Å². The number of rotatable bonds is 3. The summed E-state index contributed by atoms with van der Waals surface area (Å²) >= 11 is 0. The van der Waals surface area contributed by atoms with Gasteiger partial charge in [0.1, 0.15) is 0 Å². The number of carbonyl (C=O) groups is 2. The molecule has 1 aliphatic rings. The molecule has 0 radical (unpaired) electrons. The molecule has 3 nitrogen and oxygen atoms in total. The summed E-state index contributed by atoms with van der Waals surface area (Å²) in [6.07, 6.45) is 0.793. The van der Waals surface area contributed by atoms with Crippen LogP contribution in [0, 0.1) is 16.7 Å². The number of carbonyl (C=O) groups excluding carboxylic acids is 2. The maximum atomic E-state index is 12.9. The van der Waals surface area contributed by atoms with Crippen LogP contribution in [-0.2, 0) is 16.0 Å². The highest BCUT2D eigenvalue weighted by Crippen LogP contribution is 2.40. The molecule has 1 unspecified atom stereocenters. The molecule has 2 amide bonds. The van der Waals surface area contributed by atoms with Crippen molar-refractivity contribution in [3.8, 4) is 11.1 Å². The van der Waals surface area contributed by atoms with E-state index < -0.39 is 10.8 Å². The molecule has 2 aromatic carbocycles. The van der Waals surface area contributed by atoms with Gasteiger partial charge < -0.3 is 0 Å². The molecule has 0 bridgehead atoms. The number of hydrogen-bond acceptors (Lipinski definition) is 2. The molecular weight excluding hydrogens is 334 g/mol. The normalized spacial score (nSPS) is 19.4. The maximum absolute atomic E-state index is 12.9. The van der Waals surface area contributed by atoms with E-state index in [-0.39, 0.29) is 17.7 Å². The SMILES string of the molecule is CC(C)(C)C(=O)N1CC(Cc2ccc(-c3ccccc3)cc2)C(C)(C)C1=O. The number of nitrogens with zero attached hydrogens (tertiary/aromatic N) is 1. The Morgan fingerprint density at radius 2 is 1.56 bits per heavy atom. The van der Waals surface area contributed by atoms with Gasteiger partial charge in [0.25, 0.3) is 0 Å². The van der Waals surface area contributed by atoms with Crippen molar-refractivity contribution in [3.63, 3.8) is 0 Å². The molecule has 1 saturated heterocycles. The number of likely N-dealkylation sites (tertiary alicyclic amines) is 1. The lowest BCUT2D eigenvalue weighted by Gasteiger charge is -2.25. The quantitative estimate of drug-likeness (QED) is 0.773. The largest absolute Gasteiger partial charge is 0.281 e. The predicted molar refractivity (Wildman–Crippen MR) is 109 cm³/mol. The molecule has 27 heavy (non-hydrogen) atoms. The summed E-state index contributed by atoms with van der Waals surface area (Å²) in [5, 5.41) is 0. The first-order valence-electron chi connectivity index (χ1n) is 9.61. The molecule has 2 aromatic rings. The summed E-state index contributed by atoms with van der Waals surface area (Å²) in [6.45, 7) is 10.0. The van der Waals surface area contributed by atoms with E-state index in [0.29, 0.717) is 6.54 Å². The maximum Gasteiger partial charge on any atom is 0.235 e. The topological polar surface area (TPSA) is 37.4 Å². The molecule has 1 fully saturated rings. The van der Waals surface area contributed by atoms with E-state index in [1.54, 1.807) is 0 Å². The fourth-order valence-corrected chi connectivity index (χ4v) is 3.70. The Bertz CT molecular complexity index is 829. The fourth-order valence-electron chi connectivity index (χ4n) is 3.70. The Labute approximate surface area is 162 Å². The molecule has 1 atom stereocenters. The molecule has 0 aromatic heterocycles. The van der Waals surface area contributed by atoms with E-state index in [2.05, 4.69) is 36.4 Å². The van der Waals surface area contributed by atoms with Crippen molar-refractivity contribution in [2.75, 3.05) is 6.54 Å². The first kappa shape index (κ1) is 19.3. The molecule has 3 rings (SSSR count). The highest BCUT2D eigenvalue weighted by atomic mass is 16.2. The van der Waals surface area contributed by atoms with Crippen molar-refractivity contribution in [3.05, 3.63) is 60.2 Å². The lowest BCUT2D eigenvalue weighted by Crippen LogP contribution is -2.42. The van der Waals surface area contributed by atoms with Crippen LogP contribution in [0.1, 0.15) is 40.2 Å². The zero-order chi connectivity index (χ0) is 19.8. The summed E-state index contributed by atoms with van der Waals surface area (Å²) in [5.41, 5.74) is 2.51. The van der Waals surface area contributed by atoms with Crippen LogP contribution < -0.4 is 0 Å². The number of benzene rings is 2. The molecule has 0 spiro atoms. The van der Waals surface area contributed by atoms with Gasteiger partial charge in [-0.1, -0.05) is 89.2 Å². The van der Waals surface area contributed by atoms with E-state index in [4.69, 9.17) is 0 Å². The highest BCUT2D eigenvalue weighted by Gasteiger charge is 2.50. The van der Waals surface area contributed by atoms with Gasteiger partial charge in [-0.15, -0.1) is 0 Å². The second kappa shape index (κ2) is 6.95. The van der Waals surface area contributed by atoms with Crippen LogP contribution in [0.3, 0.4) is 0 Å². The Hall–Kier alpha value is -2.42. The first-order valence-corrected chi connectivity index (χ1v) is 9.61. The first-order chi connectivity index (χ1) is 12.6. The third-order valence-corrected chi connectivity index (χ3v) is 5.65. The average molecular weight is 364 g/mol. The van der Waals surface area contributed by atoms with Gasteiger partial charge in [0.2, 0.25) is 11.8 Å². The number of imide groups is 1. The summed E-state index contributed by atoms with van der Waals surface area (Å²) in [6, 6.07) is 18.8. The van der Waals surface area contributed by atoms with Crippen molar-refractivity contribution in [1.82, 2.24) is 4.90 Å². The van der Waals surface area contributed by atoms with Gasteiger partial charge >= 0.3 is 0 Å².